The van der Waals surface area contributed by atoms with Crippen LogP contribution in [0.25, 0.3) is 0 Å². The second-order valence-electron chi connectivity index (χ2n) is 4.60. The molecule has 1 aliphatic heterocycles. The standard InChI is InChI=1S/C12H16F2N2O2S/c13-10-2-1-3-11(12(10)14)19(17,18)16-7-5-9-4-6-15-8-9/h1-3,9,15-16H,4-8H2. The highest BCUT2D eigenvalue weighted by molar-refractivity contribution is 7.89. The number of halogens is 2. The van der Waals surface area contributed by atoms with Gasteiger partial charge in [-0.3, -0.25) is 0 Å². The third kappa shape index (κ3) is 3.49. The van der Waals surface area contributed by atoms with Crippen LogP contribution in [0, 0.1) is 17.6 Å². The third-order valence-electron chi connectivity index (χ3n) is 3.21. The van der Waals surface area contributed by atoms with Crippen LogP contribution in [0.1, 0.15) is 12.8 Å². The van der Waals surface area contributed by atoms with Gasteiger partial charge in [0.2, 0.25) is 10.0 Å². The summed E-state index contributed by atoms with van der Waals surface area (Å²) >= 11 is 0. The van der Waals surface area contributed by atoms with Crippen molar-refractivity contribution in [3.05, 3.63) is 29.8 Å². The van der Waals surface area contributed by atoms with E-state index >= 15 is 0 Å². The highest BCUT2D eigenvalue weighted by Gasteiger charge is 2.22. The van der Waals surface area contributed by atoms with Gasteiger partial charge in [-0.05, 0) is 44.0 Å². The summed E-state index contributed by atoms with van der Waals surface area (Å²) in [4.78, 5) is -0.642. The molecular weight excluding hydrogens is 274 g/mol. The zero-order valence-corrected chi connectivity index (χ0v) is 11.1. The van der Waals surface area contributed by atoms with E-state index in [0.29, 0.717) is 12.3 Å². The molecule has 0 spiro atoms. The van der Waals surface area contributed by atoms with Crippen molar-refractivity contribution in [1.82, 2.24) is 10.0 Å². The first-order valence-corrected chi connectivity index (χ1v) is 7.63. The lowest BCUT2D eigenvalue weighted by atomic mass is 10.1. The van der Waals surface area contributed by atoms with Crippen LogP contribution >= 0.6 is 0 Å². The molecule has 1 heterocycles. The Morgan fingerprint density at radius 2 is 2.16 bits per heavy atom. The highest BCUT2D eigenvalue weighted by Crippen LogP contribution is 2.17. The summed E-state index contributed by atoms with van der Waals surface area (Å²) in [7, 11) is -3.99. The molecule has 0 radical (unpaired) electrons. The van der Waals surface area contributed by atoms with Crippen molar-refractivity contribution in [3.8, 4) is 0 Å². The lowest BCUT2D eigenvalue weighted by Gasteiger charge is -2.10. The second kappa shape index (κ2) is 5.94. The smallest absolute Gasteiger partial charge is 0.243 e. The molecule has 1 atom stereocenters. The molecule has 0 aliphatic carbocycles. The summed E-state index contributed by atoms with van der Waals surface area (Å²) in [6.07, 6.45) is 1.69. The third-order valence-corrected chi connectivity index (χ3v) is 4.69. The van der Waals surface area contributed by atoms with Gasteiger partial charge >= 0.3 is 0 Å². The zero-order chi connectivity index (χ0) is 13.9. The summed E-state index contributed by atoms with van der Waals surface area (Å²) in [5.74, 6) is -2.07. The van der Waals surface area contributed by atoms with Crippen molar-refractivity contribution in [3.63, 3.8) is 0 Å². The minimum atomic E-state index is -3.99. The van der Waals surface area contributed by atoms with Gasteiger partial charge in [-0.25, -0.2) is 21.9 Å². The topological polar surface area (TPSA) is 58.2 Å². The molecule has 1 saturated heterocycles. The van der Waals surface area contributed by atoms with Crippen LogP contribution in [-0.2, 0) is 10.0 Å². The van der Waals surface area contributed by atoms with Gasteiger partial charge in [-0.1, -0.05) is 6.07 Å². The number of hydrogen-bond donors (Lipinski definition) is 2. The molecular formula is C12H16F2N2O2S. The van der Waals surface area contributed by atoms with Crippen LogP contribution < -0.4 is 10.0 Å². The number of rotatable bonds is 5. The molecule has 0 saturated carbocycles. The highest BCUT2D eigenvalue weighted by atomic mass is 32.2. The van der Waals surface area contributed by atoms with Crippen LogP contribution in [0.3, 0.4) is 0 Å². The summed E-state index contributed by atoms with van der Waals surface area (Å²) < 4.78 is 52.4. The molecule has 0 aromatic heterocycles. The van der Waals surface area contributed by atoms with Gasteiger partial charge < -0.3 is 5.32 Å². The van der Waals surface area contributed by atoms with E-state index in [4.69, 9.17) is 0 Å². The minimum Gasteiger partial charge on any atom is -0.316 e. The molecule has 4 nitrogen and oxygen atoms in total. The molecule has 19 heavy (non-hydrogen) atoms. The molecule has 0 amide bonds. The van der Waals surface area contributed by atoms with E-state index in [2.05, 4.69) is 10.0 Å². The van der Waals surface area contributed by atoms with Gasteiger partial charge in [0, 0.05) is 6.54 Å². The maximum Gasteiger partial charge on any atom is 0.243 e. The van der Waals surface area contributed by atoms with Crippen molar-refractivity contribution >= 4 is 10.0 Å². The Hall–Kier alpha value is -1.05. The van der Waals surface area contributed by atoms with Crippen LogP contribution in [-0.4, -0.2) is 28.1 Å². The van der Waals surface area contributed by atoms with E-state index in [0.717, 1.165) is 31.6 Å². The largest absolute Gasteiger partial charge is 0.316 e. The first-order chi connectivity index (χ1) is 9.00. The summed E-state index contributed by atoms with van der Waals surface area (Å²) in [6.45, 7) is 2.04. The lowest BCUT2D eigenvalue weighted by Crippen LogP contribution is -2.27. The normalized spacial score (nSPS) is 19.8. The van der Waals surface area contributed by atoms with Gasteiger partial charge in [0.05, 0.1) is 0 Å². The SMILES string of the molecule is O=S(=O)(NCCC1CCNC1)c1cccc(F)c1F. The van der Waals surface area contributed by atoms with E-state index in [1.54, 1.807) is 0 Å². The Labute approximate surface area is 111 Å². The van der Waals surface area contributed by atoms with Crippen molar-refractivity contribution < 1.29 is 17.2 Å². The monoisotopic (exact) mass is 290 g/mol. The maximum atomic E-state index is 13.4. The quantitative estimate of drug-likeness (QED) is 0.858. The summed E-state index contributed by atoms with van der Waals surface area (Å²) in [6, 6.07) is 3.12. The second-order valence-corrected chi connectivity index (χ2v) is 6.33. The van der Waals surface area contributed by atoms with Gasteiger partial charge in [0.15, 0.2) is 11.6 Å². The molecule has 1 unspecified atom stereocenters. The molecule has 1 fully saturated rings. The zero-order valence-electron chi connectivity index (χ0n) is 10.3. The lowest BCUT2D eigenvalue weighted by molar-refractivity contribution is 0.480. The number of sulfonamides is 1. The average Bonchev–Trinajstić information content (AvgIpc) is 2.85. The van der Waals surface area contributed by atoms with E-state index in [-0.39, 0.29) is 6.54 Å². The van der Waals surface area contributed by atoms with Gasteiger partial charge in [0.1, 0.15) is 4.90 Å². The predicted octanol–water partition coefficient (Wildman–Crippen LogP) is 1.24. The molecule has 1 aliphatic rings. The van der Waals surface area contributed by atoms with E-state index in [9.17, 15) is 17.2 Å². The summed E-state index contributed by atoms with van der Waals surface area (Å²) in [5.41, 5.74) is 0. The van der Waals surface area contributed by atoms with Crippen LogP contribution in [0.2, 0.25) is 0 Å². The molecule has 0 bridgehead atoms. The Bertz CT molecular complexity index is 543. The Morgan fingerprint density at radius 3 is 2.84 bits per heavy atom. The van der Waals surface area contributed by atoms with Crippen molar-refractivity contribution in [2.24, 2.45) is 5.92 Å². The van der Waals surface area contributed by atoms with Crippen molar-refractivity contribution in [2.75, 3.05) is 19.6 Å². The molecule has 2 rings (SSSR count). The number of benzene rings is 1. The molecule has 1 aromatic carbocycles. The average molecular weight is 290 g/mol. The fourth-order valence-corrected chi connectivity index (χ4v) is 3.26. The molecule has 106 valence electrons. The van der Waals surface area contributed by atoms with Gasteiger partial charge in [-0.2, -0.15) is 0 Å². The van der Waals surface area contributed by atoms with Crippen LogP contribution in [0.5, 0.6) is 0 Å². The molecule has 1 aromatic rings. The Morgan fingerprint density at radius 1 is 1.37 bits per heavy atom. The maximum absolute atomic E-state index is 13.4. The fourth-order valence-electron chi connectivity index (χ4n) is 2.13. The Balaban J connectivity index is 1.99. The molecule has 2 N–H and O–H groups in total. The van der Waals surface area contributed by atoms with Crippen molar-refractivity contribution in [1.29, 1.82) is 0 Å². The minimum absolute atomic E-state index is 0.227. The van der Waals surface area contributed by atoms with Crippen LogP contribution in [0.15, 0.2) is 23.1 Å². The van der Waals surface area contributed by atoms with Crippen molar-refractivity contribution in [2.45, 2.75) is 17.7 Å². The van der Waals surface area contributed by atoms with Gasteiger partial charge in [-0.15, -0.1) is 0 Å². The summed E-state index contributed by atoms with van der Waals surface area (Å²) in [5, 5.41) is 3.18. The van der Waals surface area contributed by atoms with E-state index in [1.165, 1.54) is 6.07 Å². The first kappa shape index (κ1) is 14.4. The fraction of sp³-hybridized carbons (Fsp3) is 0.500. The number of hydrogen-bond acceptors (Lipinski definition) is 3. The first-order valence-electron chi connectivity index (χ1n) is 6.15. The number of nitrogens with one attached hydrogen (secondary N) is 2. The van der Waals surface area contributed by atoms with Gasteiger partial charge in [0.25, 0.3) is 0 Å². The Kier molecular flexibility index (Phi) is 4.49. The van der Waals surface area contributed by atoms with Crippen LogP contribution in [0.4, 0.5) is 8.78 Å². The van der Waals surface area contributed by atoms with E-state index in [1.807, 2.05) is 0 Å². The molecule has 7 heteroatoms. The van der Waals surface area contributed by atoms with E-state index < -0.39 is 26.6 Å². The predicted molar refractivity (Wildman–Crippen MR) is 67.1 cm³/mol.